The molecule has 1 aliphatic heterocycles. The number of nitrogens with zero attached hydrogens (tertiary/aromatic N) is 3. The van der Waals surface area contributed by atoms with Crippen LogP contribution in [0.3, 0.4) is 0 Å². The Labute approximate surface area is 101 Å². The first-order valence-corrected chi connectivity index (χ1v) is 6.04. The van der Waals surface area contributed by atoms with Gasteiger partial charge in [-0.25, -0.2) is 9.97 Å². The van der Waals surface area contributed by atoms with Gasteiger partial charge in [-0.15, -0.1) is 0 Å². The van der Waals surface area contributed by atoms with Crippen molar-refractivity contribution in [2.24, 2.45) is 0 Å². The summed E-state index contributed by atoms with van der Waals surface area (Å²) >= 11 is 0. The van der Waals surface area contributed by atoms with E-state index in [4.69, 9.17) is 0 Å². The standard InChI is InChI=1S/C12H18N4O/c1-9(2)15-12(17)10-7-14-11(8-13-10)16-5-3-4-6-16/h7-9H,3-6H2,1-2H3,(H,15,17). The summed E-state index contributed by atoms with van der Waals surface area (Å²) < 4.78 is 0. The molecule has 1 aromatic heterocycles. The van der Waals surface area contributed by atoms with E-state index in [0.29, 0.717) is 5.69 Å². The Morgan fingerprint density at radius 3 is 2.53 bits per heavy atom. The van der Waals surface area contributed by atoms with E-state index in [1.165, 1.54) is 12.8 Å². The second kappa shape index (κ2) is 5.12. The SMILES string of the molecule is CC(C)NC(=O)c1cnc(N2CCCC2)cn1. The largest absolute Gasteiger partial charge is 0.355 e. The van der Waals surface area contributed by atoms with Crippen LogP contribution in [0.5, 0.6) is 0 Å². The fourth-order valence-corrected chi connectivity index (χ4v) is 1.88. The smallest absolute Gasteiger partial charge is 0.271 e. The highest BCUT2D eigenvalue weighted by atomic mass is 16.1. The Morgan fingerprint density at radius 2 is 2.00 bits per heavy atom. The molecule has 5 heteroatoms. The summed E-state index contributed by atoms with van der Waals surface area (Å²) in [5.41, 5.74) is 0.377. The summed E-state index contributed by atoms with van der Waals surface area (Å²) in [6.45, 7) is 5.91. The fourth-order valence-electron chi connectivity index (χ4n) is 1.88. The molecular formula is C12H18N4O. The maximum atomic E-state index is 11.7. The van der Waals surface area contributed by atoms with E-state index < -0.39 is 0 Å². The highest BCUT2D eigenvalue weighted by Gasteiger charge is 2.15. The molecule has 0 saturated carbocycles. The third-order valence-electron chi connectivity index (χ3n) is 2.72. The van der Waals surface area contributed by atoms with Gasteiger partial charge < -0.3 is 10.2 Å². The number of aromatic nitrogens is 2. The summed E-state index contributed by atoms with van der Waals surface area (Å²) in [7, 11) is 0. The summed E-state index contributed by atoms with van der Waals surface area (Å²) in [5.74, 6) is 0.698. The van der Waals surface area contributed by atoms with Gasteiger partial charge in [-0.3, -0.25) is 4.79 Å². The van der Waals surface area contributed by atoms with Crippen LogP contribution in [-0.2, 0) is 0 Å². The predicted molar refractivity (Wildman–Crippen MR) is 66.1 cm³/mol. The van der Waals surface area contributed by atoms with Gasteiger partial charge >= 0.3 is 0 Å². The Balaban J connectivity index is 2.04. The Bertz CT molecular complexity index is 382. The van der Waals surface area contributed by atoms with E-state index in [-0.39, 0.29) is 11.9 Å². The first kappa shape index (κ1) is 11.8. The average molecular weight is 234 g/mol. The van der Waals surface area contributed by atoms with Crippen molar-refractivity contribution in [2.45, 2.75) is 32.7 Å². The van der Waals surface area contributed by atoms with Crippen molar-refractivity contribution >= 4 is 11.7 Å². The predicted octanol–water partition coefficient (Wildman–Crippen LogP) is 1.21. The lowest BCUT2D eigenvalue weighted by Gasteiger charge is -2.15. The van der Waals surface area contributed by atoms with Crippen molar-refractivity contribution < 1.29 is 4.79 Å². The summed E-state index contributed by atoms with van der Waals surface area (Å²) in [6, 6.07) is 0.113. The molecule has 92 valence electrons. The van der Waals surface area contributed by atoms with E-state index in [1.807, 2.05) is 13.8 Å². The van der Waals surface area contributed by atoms with Gasteiger partial charge in [0.05, 0.1) is 12.4 Å². The number of amides is 1. The highest BCUT2D eigenvalue weighted by molar-refractivity contribution is 5.92. The molecule has 2 heterocycles. The second-order valence-corrected chi connectivity index (χ2v) is 4.58. The lowest BCUT2D eigenvalue weighted by Crippen LogP contribution is -2.31. The van der Waals surface area contributed by atoms with Crippen LogP contribution >= 0.6 is 0 Å². The monoisotopic (exact) mass is 234 g/mol. The van der Waals surface area contributed by atoms with Gasteiger partial charge in [0, 0.05) is 19.1 Å². The van der Waals surface area contributed by atoms with E-state index in [0.717, 1.165) is 18.9 Å². The van der Waals surface area contributed by atoms with Crippen molar-refractivity contribution in [2.75, 3.05) is 18.0 Å². The topological polar surface area (TPSA) is 58.1 Å². The minimum atomic E-state index is -0.166. The van der Waals surface area contributed by atoms with Crippen LogP contribution in [0.1, 0.15) is 37.2 Å². The van der Waals surface area contributed by atoms with Gasteiger partial charge in [-0.1, -0.05) is 0 Å². The van der Waals surface area contributed by atoms with Crippen molar-refractivity contribution in [3.05, 3.63) is 18.1 Å². The van der Waals surface area contributed by atoms with Crippen LogP contribution in [0.25, 0.3) is 0 Å². The van der Waals surface area contributed by atoms with E-state index in [2.05, 4.69) is 20.2 Å². The minimum absolute atomic E-state index is 0.113. The first-order chi connectivity index (χ1) is 8.16. The molecule has 0 radical (unpaired) electrons. The summed E-state index contributed by atoms with van der Waals surface area (Å²) in [5, 5.41) is 2.79. The zero-order valence-corrected chi connectivity index (χ0v) is 10.3. The van der Waals surface area contributed by atoms with E-state index in [1.54, 1.807) is 12.4 Å². The van der Waals surface area contributed by atoms with Gasteiger partial charge in [-0.2, -0.15) is 0 Å². The molecule has 1 aromatic rings. The molecule has 0 atom stereocenters. The zero-order chi connectivity index (χ0) is 12.3. The van der Waals surface area contributed by atoms with Gasteiger partial charge in [-0.05, 0) is 26.7 Å². The number of hydrogen-bond donors (Lipinski definition) is 1. The number of hydrogen-bond acceptors (Lipinski definition) is 4. The third-order valence-corrected chi connectivity index (χ3v) is 2.72. The van der Waals surface area contributed by atoms with Crippen LogP contribution in [0.2, 0.25) is 0 Å². The summed E-state index contributed by atoms with van der Waals surface area (Å²) in [4.78, 5) is 22.3. The van der Waals surface area contributed by atoms with Crippen molar-refractivity contribution in [1.82, 2.24) is 15.3 Å². The second-order valence-electron chi connectivity index (χ2n) is 4.58. The fraction of sp³-hybridized carbons (Fsp3) is 0.583. The van der Waals surface area contributed by atoms with E-state index in [9.17, 15) is 4.79 Å². The molecule has 0 spiro atoms. The molecule has 0 aromatic carbocycles. The quantitative estimate of drug-likeness (QED) is 0.854. The van der Waals surface area contributed by atoms with Gasteiger partial charge in [0.1, 0.15) is 11.5 Å². The Hall–Kier alpha value is -1.65. The molecule has 1 amide bonds. The van der Waals surface area contributed by atoms with Crippen molar-refractivity contribution in [1.29, 1.82) is 0 Å². The number of carbonyl (C=O) groups excluding carboxylic acids is 1. The minimum Gasteiger partial charge on any atom is -0.355 e. The van der Waals surface area contributed by atoms with Crippen LogP contribution < -0.4 is 10.2 Å². The Morgan fingerprint density at radius 1 is 1.29 bits per heavy atom. The number of anilines is 1. The van der Waals surface area contributed by atoms with Gasteiger partial charge in [0.15, 0.2) is 0 Å². The first-order valence-electron chi connectivity index (χ1n) is 6.04. The number of nitrogens with one attached hydrogen (secondary N) is 1. The lowest BCUT2D eigenvalue weighted by molar-refractivity contribution is 0.0937. The van der Waals surface area contributed by atoms with E-state index >= 15 is 0 Å². The molecule has 2 rings (SSSR count). The Kier molecular flexibility index (Phi) is 3.56. The van der Waals surface area contributed by atoms with Crippen LogP contribution in [0, 0.1) is 0 Å². The maximum absolute atomic E-state index is 11.7. The maximum Gasteiger partial charge on any atom is 0.271 e. The molecule has 1 N–H and O–H groups in total. The van der Waals surface area contributed by atoms with Crippen molar-refractivity contribution in [3.8, 4) is 0 Å². The molecule has 0 unspecified atom stereocenters. The normalized spacial score (nSPS) is 15.4. The van der Waals surface area contributed by atoms with Gasteiger partial charge in [0.2, 0.25) is 0 Å². The van der Waals surface area contributed by atoms with Crippen LogP contribution in [0.15, 0.2) is 12.4 Å². The molecule has 0 bridgehead atoms. The van der Waals surface area contributed by atoms with Crippen molar-refractivity contribution in [3.63, 3.8) is 0 Å². The average Bonchev–Trinajstić information content (AvgIpc) is 2.82. The number of carbonyl (C=O) groups is 1. The number of rotatable bonds is 3. The molecular weight excluding hydrogens is 216 g/mol. The molecule has 5 nitrogen and oxygen atoms in total. The molecule has 1 aliphatic rings. The lowest BCUT2D eigenvalue weighted by atomic mass is 10.3. The molecule has 1 saturated heterocycles. The zero-order valence-electron chi connectivity index (χ0n) is 10.3. The molecule has 0 aliphatic carbocycles. The third kappa shape index (κ3) is 2.93. The van der Waals surface area contributed by atoms with Crippen LogP contribution in [0.4, 0.5) is 5.82 Å². The highest BCUT2D eigenvalue weighted by Crippen LogP contribution is 2.16. The summed E-state index contributed by atoms with van der Waals surface area (Å²) in [6.07, 6.45) is 5.64. The van der Waals surface area contributed by atoms with Crippen LogP contribution in [-0.4, -0.2) is 35.0 Å². The molecule has 17 heavy (non-hydrogen) atoms. The molecule has 1 fully saturated rings. The van der Waals surface area contributed by atoms with Gasteiger partial charge in [0.25, 0.3) is 5.91 Å².